The molecule has 0 unspecified atom stereocenters. The Morgan fingerprint density at radius 3 is 2.88 bits per heavy atom. The molecule has 0 saturated carbocycles. The van der Waals surface area contributed by atoms with E-state index < -0.39 is 0 Å². The van der Waals surface area contributed by atoms with Crippen LogP contribution in [0.15, 0.2) is 35.3 Å². The fourth-order valence-corrected chi connectivity index (χ4v) is 1.78. The molecule has 2 rings (SSSR count). The number of aryl methyl sites for hydroxylation is 1. The van der Waals surface area contributed by atoms with Crippen LogP contribution in [0, 0.1) is 0 Å². The van der Waals surface area contributed by atoms with E-state index in [1.165, 1.54) is 0 Å². The van der Waals surface area contributed by atoms with Gasteiger partial charge < -0.3 is 0 Å². The summed E-state index contributed by atoms with van der Waals surface area (Å²) < 4.78 is 1.71. The highest BCUT2D eigenvalue weighted by molar-refractivity contribution is 5.76. The number of nitrogens with zero attached hydrogens (tertiary/aromatic N) is 2. The van der Waals surface area contributed by atoms with Gasteiger partial charge in [0.05, 0.1) is 5.52 Å². The fraction of sp³-hybridized carbons (Fsp3) is 0.385. The zero-order valence-electron chi connectivity index (χ0n) is 9.52. The van der Waals surface area contributed by atoms with Gasteiger partial charge in [-0.2, -0.15) is 4.98 Å². The smallest absolute Gasteiger partial charge is 0.299 e. The second kappa shape index (κ2) is 4.92. The molecule has 0 amide bonds. The topological polar surface area (TPSA) is 34.9 Å². The van der Waals surface area contributed by atoms with E-state index in [9.17, 15) is 4.79 Å². The van der Waals surface area contributed by atoms with Crippen molar-refractivity contribution < 1.29 is 0 Å². The normalized spacial score (nSPS) is 10.8. The highest BCUT2D eigenvalue weighted by atomic mass is 16.1. The van der Waals surface area contributed by atoms with Gasteiger partial charge in [-0.3, -0.25) is 4.57 Å². The molecule has 0 radical (unpaired) electrons. The van der Waals surface area contributed by atoms with E-state index in [0.29, 0.717) is 0 Å². The van der Waals surface area contributed by atoms with Crippen LogP contribution in [0.25, 0.3) is 10.9 Å². The molecule has 1 aromatic heterocycles. The summed E-state index contributed by atoms with van der Waals surface area (Å²) >= 11 is 0. The zero-order valence-corrected chi connectivity index (χ0v) is 9.52. The molecule has 0 bridgehead atoms. The lowest BCUT2D eigenvalue weighted by Crippen LogP contribution is -2.22. The molecule has 0 atom stereocenters. The Morgan fingerprint density at radius 2 is 2.06 bits per heavy atom. The van der Waals surface area contributed by atoms with Crippen LogP contribution in [-0.4, -0.2) is 9.55 Å². The van der Waals surface area contributed by atoms with Gasteiger partial charge in [0, 0.05) is 18.1 Å². The maximum absolute atomic E-state index is 11.7. The first-order valence-electron chi connectivity index (χ1n) is 5.77. The van der Waals surface area contributed by atoms with Gasteiger partial charge in [-0.25, -0.2) is 4.79 Å². The lowest BCUT2D eigenvalue weighted by atomic mass is 10.2. The van der Waals surface area contributed by atoms with Crippen LogP contribution in [-0.2, 0) is 6.54 Å². The van der Waals surface area contributed by atoms with Gasteiger partial charge in [0.15, 0.2) is 0 Å². The Labute approximate surface area is 94.7 Å². The van der Waals surface area contributed by atoms with Crippen molar-refractivity contribution in [1.82, 2.24) is 9.55 Å². The van der Waals surface area contributed by atoms with E-state index in [4.69, 9.17) is 0 Å². The molecule has 1 heterocycles. The molecule has 0 aliphatic carbocycles. The van der Waals surface area contributed by atoms with Gasteiger partial charge >= 0.3 is 5.69 Å². The van der Waals surface area contributed by atoms with E-state index >= 15 is 0 Å². The molecular formula is C13H16N2O. The van der Waals surface area contributed by atoms with Crippen molar-refractivity contribution in [2.45, 2.75) is 32.7 Å². The van der Waals surface area contributed by atoms with Crippen LogP contribution in [0.5, 0.6) is 0 Å². The fourth-order valence-electron chi connectivity index (χ4n) is 1.78. The number of hydrogen-bond acceptors (Lipinski definition) is 2. The average molecular weight is 216 g/mol. The Balaban J connectivity index is 2.31. The number of rotatable bonds is 4. The molecule has 0 N–H and O–H groups in total. The largest absolute Gasteiger partial charge is 0.348 e. The van der Waals surface area contributed by atoms with E-state index in [2.05, 4.69) is 11.9 Å². The van der Waals surface area contributed by atoms with Crippen LogP contribution in [0.3, 0.4) is 0 Å². The number of para-hydroxylation sites is 1. The van der Waals surface area contributed by atoms with Crippen molar-refractivity contribution in [1.29, 1.82) is 0 Å². The van der Waals surface area contributed by atoms with Crippen molar-refractivity contribution in [3.05, 3.63) is 40.9 Å². The van der Waals surface area contributed by atoms with Gasteiger partial charge in [0.1, 0.15) is 0 Å². The third kappa shape index (κ3) is 2.30. The molecule has 1 aromatic carbocycles. The summed E-state index contributed by atoms with van der Waals surface area (Å²) in [6.07, 6.45) is 5.26. The lowest BCUT2D eigenvalue weighted by Gasteiger charge is -2.05. The van der Waals surface area contributed by atoms with E-state index in [-0.39, 0.29) is 5.69 Å². The minimum Gasteiger partial charge on any atom is -0.299 e. The van der Waals surface area contributed by atoms with E-state index in [1.807, 2.05) is 30.5 Å². The summed E-state index contributed by atoms with van der Waals surface area (Å²) in [5.74, 6) is 0. The number of aromatic nitrogens is 2. The monoisotopic (exact) mass is 216 g/mol. The first kappa shape index (κ1) is 10.9. The standard InChI is InChI=1S/C13H16N2O/c1-2-3-6-9-15-10-11-7-4-5-8-12(11)14-13(15)16/h4-5,7-8,10H,2-3,6,9H2,1H3. The maximum atomic E-state index is 11.7. The summed E-state index contributed by atoms with van der Waals surface area (Å²) in [5.41, 5.74) is 0.633. The van der Waals surface area contributed by atoms with Gasteiger partial charge in [-0.15, -0.1) is 0 Å². The molecule has 3 nitrogen and oxygen atoms in total. The van der Waals surface area contributed by atoms with Gasteiger partial charge in [-0.1, -0.05) is 38.0 Å². The first-order chi connectivity index (χ1) is 7.81. The van der Waals surface area contributed by atoms with Crippen molar-refractivity contribution in [3.8, 4) is 0 Å². The Kier molecular flexibility index (Phi) is 3.34. The molecule has 0 aliphatic rings. The number of fused-ring (bicyclic) bond motifs is 1. The molecular weight excluding hydrogens is 200 g/mol. The number of hydrogen-bond donors (Lipinski definition) is 0. The zero-order chi connectivity index (χ0) is 11.4. The van der Waals surface area contributed by atoms with Gasteiger partial charge in [-0.05, 0) is 12.5 Å². The Morgan fingerprint density at radius 1 is 1.25 bits per heavy atom. The van der Waals surface area contributed by atoms with Crippen LogP contribution < -0.4 is 5.69 Å². The number of unbranched alkanes of at least 4 members (excludes halogenated alkanes) is 2. The van der Waals surface area contributed by atoms with E-state index in [1.54, 1.807) is 4.57 Å². The molecule has 0 spiro atoms. The Hall–Kier alpha value is -1.64. The van der Waals surface area contributed by atoms with Crippen LogP contribution in [0.4, 0.5) is 0 Å². The summed E-state index contributed by atoms with van der Waals surface area (Å²) in [6, 6.07) is 7.71. The van der Waals surface area contributed by atoms with Gasteiger partial charge in [0.25, 0.3) is 0 Å². The number of benzene rings is 1. The third-order valence-corrected chi connectivity index (χ3v) is 2.70. The molecule has 2 aromatic rings. The second-order valence-electron chi connectivity index (χ2n) is 3.98. The molecule has 0 saturated heterocycles. The Bertz CT molecular complexity index is 531. The van der Waals surface area contributed by atoms with Crippen molar-refractivity contribution in [2.24, 2.45) is 0 Å². The molecule has 0 aliphatic heterocycles. The average Bonchev–Trinajstić information content (AvgIpc) is 2.30. The summed E-state index contributed by atoms with van der Waals surface area (Å²) in [5, 5.41) is 1.03. The predicted octanol–water partition coefficient (Wildman–Crippen LogP) is 2.59. The second-order valence-corrected chi connectivity index (χ2v) is 3.98. The van der Waals surface area contributed by atoms with Crippen LogP contribution in [0.2, 0.25) is 0 Å². The van der Waals surface area contributed by atoms with Gasteiger partial charge in [0.2, 0.25) is 0 Å². The van der Waals surface area contributed by atoms with Crippen LogP contribution >= 0.6 is 0 Å². The van der Waals surface area contributed by atoms with Crippen molar-refractivity contribution in [2.75, 3.05) is 0 Å². The van der Waals surface area contributed by atoms with Crippen molar-refractivity contribution in [3.63, 3.8) is 0 Å². The summed E-state index contributed by atoms with van der Waals surface area (Å²) in [6.45, 7) is 2.92. The summed E-state index contributed by atoms with van der Waals surface area (Å²) in [4.78, 5) is 15.7. The van der Waals surface area contributed by atoms with E-state index in [0.717, 1.165) is 36.7 Å². The molecule has 16 heavy (non-hydrogen) atoms. The molecule has 84 valence electrons. The highest BCUT2D eigenvalue weighted by Gasteiger charge is 2.00. The first-order valence-corrected chi connectivity index (χ1v) is 5.77. The van der Waals surface area contributed by atoms with Crippen LogP contribution in [0.1, 0.15) is 26.2 Å². The minimum absolute atomic E-state index is 0.144. The molecule has 3 heteroatoms. The lowest BCUT2D eigenvalue weighted by molar-refractivity contribution is 0.581. The third-order valence-electron chi connectivity index (χ3n) is 2.70. The highest BCUT2D eigenvalue weighted by Crippen LogP contribution is 2.08. The van der Waals surface area contributed by atoms with Crippen molar-refractivity contribution >= 4 is 10.9 Å². The predicted molar refractivity (Wildman–Crippen MR) is 65.5 cm³/mol. The maximum Gasteiger partial charge on any atom is 0.348 e. The molecule has 0 fully saturated rings. The summed E-state index contributed by atoms with van der Waals surface area (Å²) in [7, 11) is 0. The minimum atomic E-state index is -0.144. The SMILES string of the molecule is CCCCCn1cc2ccccc2nc1=O. The quantitative estimate of drug-likeness (QED) is 0.736.